The summed E-state index contributed by atoms with van der Waals surface area (Å²) >= 11 is 0. The van der Waals surface area contributed by atoms with Crippen molar-refractivity contribution in [3.63, 3.8) is 0 Å². The zero-order valence-corrected chi connectivity index (χ0v) is 19.5. The highest BCUT2D eigenvalue weighted by atomic mass is 16.5. The average Bonchev–Trinajstić information content (AvgIpc) is 3.32. The van der Waals surface area contributed by atoms with E-state index in [4.69, 9.17) is 4.74 Å². The number of ether oxygens (including phenoxy) is 1. The maximum atomic E-state index is 13.1. The molecular weight excluding hydrogens is 418 g/mol. The predicted octanol–water partition coefficient (Wildman–Crippen LogP) is 3.56. The molecule has 1 saturated heterocycles. The molecule has 2 aliphatic heterocycles. The number of fused-ring (bicyclic) bond motifs is 1. The highest BCUT2D eigenvalue weighted by Crippen LogP contribution is 2.40. The maximum Gasteiger partial charge on any atom is 0.295 e. The zero-order valence-electron chi connectivity index (χ0n) is 19.5. The minimum Gasteiger partial charge on any atom is -0.507 e. The summed E-state index contributed by atoms with van der Waals surface area (Å²) in [4.78, 5) is 34.2. The molecule has 1 aromatic heterocycles. The van der Waals surface area contributed by atoms with Gasteiger partial charge in [-0.25, -0.2) is 0 Å². The van der Waals surface area contributed by atoms with E-state index in [-0.39, 0.29) is 17.4 Å². The van der Waals surface area contributed by atoms with Crippen molar-refractivity contribution >= 4 is 17.4 Å². The first kappa shape index (κ1) is 23.0. The Kier molecular flexibility index (Phi) is 6.79. The van der Waals surface area contributed by atoms with Gasteiger partial charge >= 0.3 is 0 Å². The van der Waals surface area contributed by atoms with Gasteiger partial charge in [-0.05, 0) is 74.4 Å². The van der Waals surface area contributed by atoms with Gasteiger partial charge in [-0.1, -0.05) is 13.8 Å². The molecule has 0 spiro atoms. The Labute approximate surface area is 194 Å². The molecule has 1 N–H and O–H groups in total. The van der Waals surface area contributed by atoms with Crippen LogP contribution in [0.1, 0.15) is 49.9 Å². The lowest BCUT2D eigenvalue weighted by Crippen LogP contribution is -2.33. The van der Waals surface area contributed by atoms with Crippen LogP contribution in [0.3, 0.4) is 0 Å². The molecule has 2 aliphatic rings. The fourth-order valence-electron chi connectivity index (χ4n) is 4.73. The normalized spacial score (nSPS) is 21.5. The van der Waals surface area contributed by atoms with E-state index in [2.05, 4.69) is 23.7 Å². The van der Waals surface area contributed by atoms with Crippen LogP contribution in [-0.2, 0) is 16.0 Å². The molecule has 0 radical (unpaired) electrons. The second-order valence-corrected chi connectivity index (χ2v) is 8.61. The van der Waals surface area contributed by atoms with Crippen LogP contribution in [0.2, 0.25) is 0 Å². The number of aromatic nitrogens is 1. The standard InChI is InChI=1S/C26H31N3O4/c1-4-28(5-2)13-6-14-29-23(18-9-11-27-12-10-18)22(25(31)26(29)32)24(30)19-7-8-21-20(16-19)15-17(3)33-21/h7-12,16-17,23,30H,4-6,13-15H2,1-3H3/t17-,23-/m1/s1. The van der Waals surface area contributed by atoms with Crippen LogP contribution in [0.4, 0.5) is 0 Å². The molecule has 0 bridgehead atoms. The third kappa shape index (κ3) is 4.50. The van der Waals surface area contributed by atoms with Gasteiger partial charge in [0.15, 0.2) is 0 Å². The van der Waals surface area contributed by atoms with Crippen molar-refractivity contribution in [2.75, 3.05) is 26.2 Å². The van der Waals surface area contributed by atoms with Crippen molar-refractivity contribution < 1.29 is 19.4 Å². The maximum absolute atomic E-state index is 13.1. The summed E-state index contributed by atoms with van der Waals surface area (Å²) < 4.78 is 5.76. The fraction of sp³-hybridized carbons (Fsp3) is 0.423. The second-order valence-electron chi connectivity index (χ2n) is 8.61. The first-order valence-corrected chi connectivity index (χ1v) is 11.6. The van der Waals surface area contributed by atoms with E-state index >= 15 is 0 Å². The monoisotopic (exact) mass is 449 g/mol. The van der Waals surface area contributed by atoms with Crippen molar-refractivity contribution in [1.29, 1.82) is 0 Å². The van der Waals surface area contributed by atoms with Gasteiger partial charge in [0, 0.05) is 30.9 Å². The molecule has 0 unspecified atom stereocenters. The van der Waals surface area contributed by atoms with Gasteiger partial charge in [-0.15, -0.1) is 0 Å². The van der Waals surface area contributed by atoms with E-state index in [0.717, 1.165) is 49.4 Å². The first-order chi connectivity index (χ1) is 15.9. The van der Waals surface area contributed by atoms with E-state index < -0.39 is 17.7 Å². The van der Waals surface area contributed by atoms with Crippen LogP contribution < -0.4 is 4.74 Å². The Bertz CT molecular complexity index is 1060. The molecule has 1 aromatic carbocycles. The third-order valence-corrected chi connectivity index (χ3v) is 6.50. The van der Waals surface area contributed by atoms with E-state index in [9.17, 15) is 14.7 Å². The Morgan fingerprint density at radius 2 is 1.91 bits per heavy atom. The van der Waals surface area contributed by atoms with Crippen LogP contribution >= 0.6 is 0 Å². The van der Waals surface area contributed by atoms with Gasteiger partial charge in [0.05, 0.1) is 11.6 Å². The quantitative estimate of drug-likeness (QED) is 0.377. The minimum atomic E-state index is -0.651. The number of pyridine rings is 1. The van der Waals surface area contributed by atoms with Gasteiger partial charge < -0.3 is 19.6 Å². The fourth-order valence-corrected chi connectivity index (χ4v) is 4.73. The summed E-state index contributed by atoms with van der Waals surface area (Å²) in [5, 5.41) is 11.3. The van der Waals surface area contributed by atoms with Crippen LogP contribution in [-0.4, -0.2) is 63.9 Å². The average molecular weight is 450 g/mol. The summed E-state index contributed by atoms with van der Waals surface area (Å²) in [5.41, 5.74) is 2.39. The Morgan fingerprint density at radius 3 is 2.61 bits per heavy atom. The second kappa shape index (κ2) is 9.75. The lowest BCUT2D eigenvalue weighted by Gasteiger charge is -2.26. The summed E-state index contributed by atoms with van der Waals surface area (Å²) in [6.45, 7) is 9.34. The van der Waals surface area contributed by atoms with E-state index in [1.165, 1.54) is 0 Å². The summed E-state index contributed by atoms with van der Waals surface area (Å²) in [6.07, 6.45) is 4.83. The number of hydrogen-bond donors (Lipinski definition) is 1. The van der Waals surface area contributed by atoms with Crippen molar-refractivity contribution in [3.8, 4) is 5.75 Å². The van der Waals surface area contributed by atoms with Gasteiger partial charge in [0.25, 0.3) is 11.7 Å². The topological polar surface area (TPSA) is 83.0 Å². The molecule has 7 heteroatoms. The number of hydrogen-bond acceptors (Lipinski definition) is 6. The molecule has 1 fully saturated rings. The molecule has 4 rings (SSSR count). The number of amides is 1. The number of Topliss-reactive ketones (excluding diaryl/α,β-unsaturated/α-hetero) is 1. The van der Waals surface area contributed by atoms with Crippen molar-refractivity contribution in [3.05, 3.63) is 65.0 Å². The number of aliphatic hydroxyl groups is 1. The molecule has 0 saturated carbocycles. The molecule has 3 heterocycles. The molecule has 33 heavy (non-hydrogen) atoms. The zero-order chi connectivity index (χ0) is 23.5. The Morgan fingerprint density at radius 1 is 1.18 bits per heavy atom. The number of likely N-dealkylation sites (tertiary alicyclic amines) is 1. The lowest BCUT2D eigenvalue weighted by molar-refractivity contribution is -0.140. The summed E-state index contributed by atoms with van der Waals surface area (Å²) in [5.74, 6) is -0.580. The molecule has 174 valence electrons. The number of carbonyl (C=O) groups excluding carboxylic acids is 2. The number of carbonyl (C=O) groups is 2. The van der Waals surface area contributed by atoms with Crippen LogP contribution in [0.15, 0.2) is 48.3 Å². The number of aliphatic hydroxyl groups excluding tert-OH is 1. The van der Waals surface area contributed by atoms with E-state index in [0.29, 0.717) is 12.1 Å². The Balaban J connectivity index is 1.71. The van der Waals surface area contributed by atoms with Crippen LogP contribution in [0.5, 0.6) is 5.75 Å². The van der Waals surface area contributed by atoms with Crippen LogP contribution in [0.25, 0.3) is 5.76 Å². The lowest BCUT2D eigenvalue weighted by atomic mass is 9.95. The summed E-state index contributed by atoms with van der Waals surface area (Å²) in [7, 11) is 0. The molecule has 1 amide bonds. The highest BCUT2D eigenvalue weighted by molar-refractivity contribution is 6.46. The molecule has 7 nitrogen and oxygen atoms in total. The number of rotatable bonds is 8. The highest BCUT2D eigenvalue weighted by Gasteiger charge is 2.45. The number of benzene rings is 1. The van der Waals surface area contributed by atoms with Crippen molar-refractivity contribution in [2.24, 2.45) is 0 Å². The molecule has 2 atom stereocenters. The SMILES string of the molecule is CCN(CC)CCCN1C(=O)C(=O)C(=C(O)c2ccc3c(c2)C[C@@H](C)O3)[C@H]1c1ccncc1. The van der Waals surface area contributed by atoms with Crippen molar-refractivity contribution in [1.82, 2.24) is 14.8 Å². The number of nitrogens with zero attached hydrogens (tertiary/aromatic N) is 3. The molecule has 2 aromatic rings. The smallest absolute Gasteiger partial charge is 0.295 e. The van der Waals surface area contributed by atoms with Crippen molar-refractivity contribution in [2.45, 2.75) is 45.8 Å². The van der Waals surface area contributed by atoms with E-state index in [1.807, 2.05) is 19.1 Å². The third-order valence-electron chi connectivity index (χ3n) is 6.50. The van der Waals surface area contributed by atoms with Gasteiger partial charge in [-0.2, -0.15) is 0 Å². The summed E-state index contributed by atoms with van der Waals surface area (Å²) in [6, 6.07) is 8.34. The molecular formula is C26H31N3O4. The number of ketones is 1. The van der Waals surface area contributed by atoms with Gasteiger partial charge in [-0.3, -0.25) is 14.6 Å². The largest absolute Gasteiger partial charge is 0.507 e. The Hall–Kier alpha value is -3.19. The predicted molar refractivity (Wildman–Crippen MR) is 126 cm³/mol. The molecule has 0 aliphatic carbocycles. The van der Waals surface area contributed by atoms with E-state index in [1.54, 1.807) is 35.5 Å². The first-order valence-electron chi connectivity index (χ1n) is 11.6. The van der Waals surface area contributed by atoms with Gasteiger partial charge in [0.2, 0.25) is 0 Å². The van der Waals surface area contributed by atoms with Gasteiger partial charge in [0.1, 0.15) is 17.6 Å². The minimum absolute atomic E-state index is 0.0746. The van der Waals surface area contributed by atoms with Crippen LogP contribution in [0, 0.1) is 0 Å².